The largest absolute Gasteiger partial charge is 0.466 e. The maximum atomic E-state index is 12.1. The normalized spacial score (nSPS) is 17.0. The molecular formula is C21H34IN3O3. The van der Waals surface area contributed by atoms with Crippen molar-refractivity contribution in [3.8, 4) is 0 Å². The third kappa shape index (κ3) is 7.58. The first-order valence-corrected chi connectivity index (χ1v) is 9.96. The van der Waals surface area contributed by atoms with Gasteiger partial charge in [0.1, 0.15) is 0 Å². The van der Waals surface area contributed by atoms with Crippen molar-refractivity contribution in [2.45, 2.75) is 46.3 Å². The molecule has 0 saturated carbocycles. The van der Waals surface area contributed by atoms with E-state index in [0.29, 0.717) is 26.3 Å². The van der Waals surface area contributed by atoms with Crippen LogP contribution < -0.4 is 5.32 Å². The third-order valence-corrected chi connectivity index (χ3v) is 4.71. The SMILES string of the molecule is CCCOCc1ccccc1CNC(=NC)N1CCCC(C(=O)OCC)C1.I. The molecule has 0 aliphatic carbocycles. The zero-order chi connectivity index (χ0) is 19.5. The minimum Gasteiger partial charge on any atom is -0.466 e. The summed E-state index contributed by atoms with van der Waals surface area (Å²) < 4.78 is 10.9. The van der Waals surface area contributed by atoms with Crippen LogP contribution in [0.1, 0.15) is 44.2 Å². The van der Waals surface area contributed by atoms with Crippen LogP contribution in [0.5, 0.6) is 0 Å². The van der Waals surface area contributed by atoms with Gasteiger partial charge >= 0.3 is 5.97 Å². The molecule has 7 heteroatoms. The molecule has 0 spiro atoms. The van der Waals surface area contributed by atoms with E-state index >= 15 is 0 Å². The van der Waals surface area contributed by atoms with Crippen LogP contribution in [0.25, 0.3) is 0 Å². The van der Waals surface area contributed by atoms with Gasteiger partial charge in [0.25, 0.3) is 0 Å². The number of carbonyl (C=O) groups excluding carboxylic acids is 1. The van der Waals surface area contributed by atoms with Crippen molar-refractivity contribution in [1.29, 1.82) is 0 Å². The topological polar surface area (TPSA) is 63.2 Å². The Hall–Kier alpha value is -1.35. The second-order valence-corrected chi connectivity index (χ2v) is 6.76. The van der Waals surface area contributed by atoms with Crippen molar-refractivity contribution in [3.63, 3.8) is 0 Å². The summed E-state index contributed by atoms with van der Waals surface area (Å²) in [4.78, 5) is 18.7. The van der Waals surface area contributed by atoms with Crippen LogP contribution in [-0.4, -0.2) is 50.2 Å². The van der Waals surface area contributed by atoms with Gasteiger partial charge in [-0.2, -0.15) is 0 Å². The number of benzene rings is 1. The van der Waals surface area contributed by atoms with E-state index in [9.17, 15) is 4.79 Å². The van der Waals surface area contributed by atoms with Crippen LogP contribution in [0.3, 0.4) is 0 Å². The highest BCUT2D eigenvalue weighted by Gasteiger charge is 2.28. The average Bonchev–Trinajstić information content (AvgIpc) is 2.70. The quantitative estimate of drug-likeness (QED) is 0.193. The van der Waals surface area contributed by atoms with Gasteiger partial charge in [-0.25, -0.2) is 0 Å². The standard InChI is InChI=1S/C21H33N3O3.HI/c1-4-13-26-16-19-10-7-6-9-17(19)14-23-21(22-3)24-12-8-11-18(15-24)20(25)27-5-2;/h6-7,9-10,18H,4-5,8,11-16H2,1-3H3,(H,22,23);1H. The lowest BCUT2D eigenvalue weighted by Gasteiger charge is -2.34. The fraction of sp³-hybridized carbons (Fsp3) is 0.619. The molecule has 6 nitrogen and oxygen atoms in total. The Balaban J connectivity index is 0.00000392. The molecule has 1 aliphatic rings. The maximum absolute atomic E-state index is 12.1. The van der Waals surface area contributed by atoms with Gasteiger partial charge in [-0.1, -0.05) is 31.2 Å². The zero-order valence-corrected chi connectivity index (χ0v) is 19.6. The molecule has 2 rings (SSSR count). The Morgan fingerprint density at radius 1 is 1.29 bits per heavy atom. The third-order valence-electron chi connectivity index (χ3n) is 4.71. The second kappa shape index (κ2) is 13.8. The number of hydrogen-bond acceptors (Lipinski definition) is 4. The molecule has 1 fully saturated rings. The Labute approximate surface area is 186 Å². The highest BCUT2D eigenvalue weighted by atomic mass is 127. The number of aliphatic imine (C=N–C) groups is 1. The van der Waals surface area contributed by atoms with Gasteiger partial charge < -0.3 is 19.7 Å². The predicted octanol–water partition coefficient (Wildman–Crippen LogP) is 3.58. The summed E-state index contributed by atoms with van der Waals surface area (Å²) in [7, 11) is 1.78. The molecule has 158 valence electrons. The summed E-state index contributed by atoms with van der Waals surface area (Å²) in [5.74, 6) is 0.649. The molecule has 0 bridgehead atoms. The molecule has 1 N–H and O–H groups in total. The number of likely N-dealkylation sites (tertiary alicyclic amines) is 1. The highest BCUT2D eigenvalue weighted by molar-refractivity contribution is 14.0. The maximum Gasteiger partial charge on any atom is 0.310 e. The summed E-state index contributed by atoms with van der Waals surface area (Å²) in [6, 6.07) is 8.30. The fourth-order valence-electron chi connectivity index (χ4n) is 3.33. The second-order valence-electron chi connectivity index (χ2n) is 6.76. The highest BCUT2D eigenvalue weighted by Crippen LogP contribution is 2.18. The van der Waals surface area contributed by atoms with E-state index in [0.717, 1.165) is 38.4 Å². The Morgan fingerprint density at radius 2 is 2.04 bits per heavy atom. The molecule has 1 unspecified atom stereocenters. The number of rotatable bonds is 8. The van der Waals surface area contributed by atoms with E-state index in [2.05, 4.69) is 34.3 Å². The number of nitrogens with one attached hydrogen (secondary N) is 1. The van der Waals surface area contributed by atoms with Crippen molar-refractivity contribution >= 4 is 35.9 Å². The summed E-state index contributed by atoms with van der Waals surface area (Å²) in [5.41, 5.74) is 2.39. The lowest BCUT2D eigenvalue weighted by molar-refractivity contribution is -0.149. The summed E-state index contributed by atoms with van der Waals surface area (Å²) >= 11 is 0. The van der Waals surface area contributed by atoms with Crippen molar-refractivity contribution in [2.24, 2.45) is 10.9 Å². The lowest BCUT2D eigenvalue weighted by atomic mass is 9.98. The molecule has 28 heavy (non-hydrogen) atoms. The number of halogens is 1. The van der Waals surface area contributed by atoms with Crippen molar-refractivity contribution in [1.82, 2.24) is 10.2 Å². The number of nitrogens with zero attached hydrogens (tertiary/aromatic N) is 2. The van der Waals surface area contributed by atoms with Gasteiger partial charge in [0.15, 0.2) is 5.96 Å². The number of piperidine rings is 1. The monoisotopic (exact) mass is 503 g/mol. The predicted molar refractivity (Wildman–Crippen MR) is 123 cm³/mol. The van der Waals surface area contributed by atoms with Crippen molar-refractivity contribution in [2.75, 3.05) is 33.4 Å². The number of guanidine groups is 1. The van der Waals surface area contributed by atoms with E-state index < -0.39 is 0 Å². The van der Waals surface area contributed by atoms with E-state index in [4.69, 9.17) is 9.47 Å². The Bertz CT molecular complexity index is 625. The van der Waals surface area contributed by atoms with Crippen LogP contribution in [0.2, 0.25) is 0 Å². The van der Waals surface area contributed by atoms with Gasteiger partial charge in [0, 0.05) is 33.3 Å². The van der Waals surface area contributed by atoms with Crippen LogP contribution in [0.4, 0.5) is 0 Å². The minimum atomic E-state index is -0.101. The molecular weight excluding hydrogens is 469 g/mol. The summed E-state index contributed by atoms with van der Waals surface area (Å²) in [5, 5.41) is 3.45. The molecule has 0 radical (unpaired) electrons. The van der Waals surface area contributed by atoms with Gasteiger partial charge in [-0.15, -0.1) is 24.0 Å². The molecule has 1 aromatic rings. The van der Waals surface area contributed by atoms with E-state index in [1.54, 1.807) is 7.05 Å². The van der Waals surface area contributed by atoms with Crippen LogP contribution in [0, 0.1) is 5.92 Å². The van der Waals surface area contributed by atoms with Gasteiger partial charge in [-0.3, -0.25) is 9.79 Å². The Kier molecular flexibility index (Phi) is 12.1. The van der Waals surface area contributed by atoms with Crippen molar-refractivity contribution in [3.05, 3.63) is 35.4 Å². The van der Waals surface area contributed by atoms with Gasteiger partial charge in [-0.05, 0) is 37.3 Å². The first-order valence-electron chi connectivity index (χ1n) is 9.96. The fourth-order valence-corrected chi connectivity index (χ4v) is 3.33. The molecule has 1 saturated heterocycles. The smallest absolute Gasteiger partial charge is 0.310 e. The number of carbonyl (C=O) groups is 1. The van der Waals surface area contributed by atoms with Crippen molar-refractivity contribution < 1.29 is 14.3 Å². The number of hydrogen-bond donors (Lipinski definition) is 1. The van der Waals surface area contributed by atoms with Gasteiger partial charge in [0.05, 0.1) is 19.1 Å². The molecule has 1 aliphatic heterocycles. The average molecular weight is 503 g/mol. The van der Waals surface area contributed by atoms with E-state index in [-0.39, 0.29) is 35.9 Å². The molecule has 1 heterocycles. The summed E-state index contributed by atoms with van der Waals surface area (Å²) in [6.07, 6.45) is 2.86. The number of esters is 1. The first kappa shape index (κ1) is 24.7. The summed E-state index contributed by atoms with van der Waals surface area (Å²) in [6.45, 7) is 8.01. The van der Waals surface area contributed by atoms with E-state index in [1.165, 1.54) is 11.1 Å². The molecule has 0 aromatic heterocycles. The lowest BCUT2D eigenvalue weighted by Crippen LogP contribution is -2.48. The molecule has 1 atom stereocenters. The Morgan fingerprint density at radius 3 is 2.71 bits per heavy atom. The first-order chi connectivity index (χ1) is 13.2. The minimum absolute atomic E-state index is 0. The van der Waals surface area contributed by atoms with E-state index in [1.807, 2.05) is 19.1 Å². The zero-order valence-electron chi connectivity index (χ0n) is 17.3. The van der Waals surface area contributed by atoms with Gasteiger partial charge in [0.2, 0.25) is 0 Å². The van der Waals surface area contributed by atoms with Crippen LogP contribution >= 0.6 is 24.0 Å². The van der Waals surface area contributed by atoms with Crippen LogP contribution in [-0.2, 0) is 27.4 Å². The number of ether oxygens (including phenoxy) is 2. The van der Waals surface area contributed by atoms with Crippen LogP contribution in [0.15, 0.2) is 29.3 Å². The molecule has 1 aromatic carbocycles. The molecule has 0 amide bonds.